The number of ether oxygens (including phenoxy) is 4. The molecule has 2 aliphatic heterocycles. The van der Waals surface area contributed by atoms with Gasteiger partial charge in [0.2, 0.25) is 6.79 Å². The summed E-state index contributed by atoms with van der Waals surface area (Å²) in [5, 5.41) is 15.6. The zero-order chi connectivity index (χ0) is 17.9. The van der Waals surface area contributed by atoms with Crippen molar-refractivity contribution in [2.75, 3.05) is 31.9 Å². The molecule has 3 N–H and O–H groups in total. The first-order valence-electron chi connectivity index (χ1n) is 8.21. The second-order valence-corrected chi connectivity index (χ2v) is 5.82. The summed E-state index contributed by atoms with van der Waals surface area (Å²) in [5.41, 5.74) is 1.21. The van der Waals surface area contributed by atoms with Crippen LogP contribution in [0.2, 0.25) is 0 Å². The monoisotopic (exact) mass is 358 g/mol. The maximum Gasteiger partial charge on any atom is 0.319 e. The van der Waals surface area contributed by atoms with Gasteiger partial charge in [0.15, 0.2) is 23.0 Å². The van der Waals surface area contributed by atoms with Gasteiger partial charge in [-0.3, -0.25) is 0 Å². The van der Waals surface area contributed by atoms with Gasteiger partial charge in [-0.1, -0.05) is 6.07 Å². The zero-order valence-electron chi connectivity index (χ0n) is 13.9. The van der Waals surface area contributed by atoms with Crippen molar-refractivity contribution in [2.45, 2.75) is 6.10 Å². The van der Waals surface area contributed by atoms with Crippen LogP contribution < -0.4 is 29.6 Å². The predicted octanol–water partition coefficient (Wildman–Crippen LogP) is 2.04. The minimum Gasteiger partial charge on any atom is -0.486 e. The fraction of sp³-hybridized carbons (Fsp3) is 0.278. The van der Waals surface area contributed by atoms with Gasteiger partial charge in [0.1, 0.15) is 13.2 Å². The van der Waals surface area contributed by atoms with Crippen molar-refractivity contribution < 1.29 is 28.8 Å². The van der Waals surface area contributed by atoms with E-state index in [1.165, 1.54) is 0 Å². The Morgan fingerprint density at radius 3 is 2.54 bits per heavy atom. The Kier molecular flexibility index (Phi) is 4.40. The molecule has 4 rings (SSSR count). The number of amides is 2. The van der Waals surface area contributed by atoms with E-state index in [0.29, 0.717) is 47.5 Å². The lowest BCUT2D eigenvalue weighted by atomic mass is 10.1. The highest BCUT2D eigenvalue weighted by atomic mass is 16.7. The molecule has 8 nitrogen and oxygen atoms in total. The van der Waals surface area contributed by atoms with E-state index in [1.54, 1.807) is 36.4 Å². The summed E-state index contributed by atoms with van der Waals surface area (Å²) in [7, 11) is 0. The molecule has 136 valence electrons. The third-order valence-corrected chi connectivity index (χ3v) is 4.04. The molecule has 26 heavy (non-hydrogen) atoms. The van der Waals surface area contributed by atoms with Gasteiger partial charge in [-0.15, -0.1) is 0 Å². The zero-order valence-corrected chi connectivity index (χ0v) is 13.9. The van der Waals surface area contributed by atoms with E-state index in [4.69, 9.17) is 18.9 Å². The van der Waals surface area contributed by atoms with Gasteiger partial charge in [0, 0.05) is 18.3 Å². The molecule has 0 saturated carbocycles. The number of nitrogens with one attached hydrogen (secondary N) is 2. The van der Waals surface area contributed by atoms with Crippen LogP contribution in [0.25, 0.3) is 0 Å². The van der Waals surface area contributed by atoms with Crippen molar-refractivity contribution in [1.29, 1.82) is 0 Å². The molecule has 0 saturated heterocycles. The minimum absolute atomic E-state index is 0.0516. The van der Waals surface area contributed by atoms with E-state index < -0.39 is 12.1 Å². The number of anilines is 1. The second kappa shape index (κ2) is 7.01. The fourth-order valence-electron chi connectivity index (χ4n) is 2.72. The predicted molar refractivity (Wildman–Crippen MR) is 92.0 cm³/mol. The Hall–Kier alpha value is -3.13. The Balaban J connectivity index is 1.32. The van der Waals surface area contributed by atoms with Gasteiger partial charge in [0.25, 0.3) is 0 Å². The topological polar surface area (TPSA) is 98.3 Å². The van der Waals surface area contributed by atoms with Crippen LogP contribution in [0.1, 0.15) is 11.7 Å². The van der Waals surface area contributed by atoms with E-state index in [2.05, 4.69) is 10.6 Å². The number of aliphatic hydroxyl groups excluding tert-OH is 1. The summed E-state index contributed by atoms with van der Waals surface area (Å²) in [6, 6.07) is 9.90. The molecule has 0 radical (unpaired) electrons. The van der Waals surface area contributed by atoms with E-state index >= 15 is 0 Å². The van der Waals surface area contributed by atoms with Gasteiger partial charge in [0.05, 0.1) is 6.10 Å². The Morgan fingerprint density at radius 2 is 1.65 bits per heavy atom. The molecule has 2 heterocycles. The van der Waals surface area contributed by atoms with E-state index in [0.717, 1.165) is 0 Å². The summed E-state index contributed by atoms with van der Waals surface area (Å²) < 4.78 is 21.4. The number of benzene rings is 2. The van der Waals surface area contributed by atoms with Crippen LogP contribution in [-0.2, 0) is 0 Å². The second-order valence-electron chi connectivity index (χ2n) is 5.82. The lowest BCUT2D eigenvalue weighted by Gasteiger charge is -2.20. The van der Waals surface area contributed by atoms with Crippen molar-refractivity contribution in [1.82, 2.24) is 5.32 Å². The van der Waals surface area contributed by atoms with Gasteiger partial charge < -0.3 is 34.7 Å². The molecule has 0 spiro atoms. The molecule has 2 aliphatic rings. The molecule has 2 amide bonds. The van der Waals surface area contributed by atoms with Gasteiger partial charge in [-0.25, -0.2) is 4.79 Å². The van der Waals surface area contributed by atoms with Crippen molar-refractivity contribution in [3.63, 3.8) is 0 Å². The molecule has 2 aromatic rings. The van der Waals surface area contributed by atoms with Gasteiger partial charge >= 0.3 is 6.03 Å². The number of hydrogen-bond donors (Lipinski definition) is 3. The fourth-order valence-corrected chi connectivity index (χ4v) is 2.72. The molecular weight excluding hydrogens is 340 g/mol. The number of aliphatic hydroxyl groups is 1. The normalized spacial score (nSPS) is 15.3. The van der Waals surface area contributed by atoms with Crippen LogP contribution in [0.5, 0.6) is 23.0 Å². The quantitative estimate of drug-likeness (QED) is 0.774. The van der Waals surface area contributed by atoms with Crippen molar-refractivity contribution in [2.24, 2.45) is 0 Å². The third-order valence-electron chi connectivity index (χ3n) is 4.04. The van der Waals surface area contributed by atoms with Crippen molar-refractivity contribution in [3.8, 4) is 23.0 Å². The Morgan fingerprint density at radius 1 is 0.962 bits per heavy atom. The number of urea groups is 1. The van der Waals surface area contributed by atoms with E-state index in [1.807, 2.05) is 0 Å². The molecule has 1 atom stereocenters. The summed E-state index contributed by atoms with van der Waals surface area (Å²) in [6.45, 7) is 1.21. The Labute approximate surface area is 149 Å². The Bertz CT molecular complexity index is 825. The SMILES string of the molecule is O=C(NC[C@H](O)c1ccc2c(c1)OCCO2)Nc1ccc2c(c1)OCO2. The third kappa shape index (κ3) is 3.45. The standard InChI is InChI=1S/C18H18N2O6/c21-13(11-1-3-14-16(7-11)24-6-5-23-14)9-19-18(22)20-12-2-4-15-17(8-12)26-10-25-15/h1-4,7-8,13,21H,5-6,9-10H2,(H2,19,20,22)/t13-/m0/s1. The molecule has 0 aromatic heterocycles. The average molecular weight is 358 g/mol. The summed E-state index contributed by atoms with van der Waals surface area (Å²) in [5.74, 6) is 2.47. The van der Waals surface area contributed by atoms with Crippen LogP contribution in [-0.4, -0.2) is 37.7 Å². The first-order chi connectivity index (χ1) is 12.7. The first kappa shape index (κ1) is 16.3. The number of fused-ring (bicyclic) bond motifs is 2. The smallest absolute Gasteiger partial charge is 0.319 e. The van der Waals surface area contributed by atoms with Crippen LogP contribution in [0.4, 0.5) is 10.5 Å². The largest absolute Gasteiger partial charge is 0.486 e. The molecule has 0 bridgehead atoms. The van der Waals surface area contributed by atoms with Crippen LogP contribution >= 0.6 is 0 Å². The number of rotatable bonds is 4. The van der Waals surface area contributed by atoms with Crippen LogP contribution in [0.15, 0.2) is 36.4 Å². The maximum atomic E-state index is 12.0. The van der Waals surface area contributed by atoms with E-state index in [-0.39, 0.29) is 13.3 Å². The molecule has 8 heteroatoms. The van der Waals surface area contributed by atoms with Crippen molar-refractivity contribution in [3.05, 3.63) is 42.0 Å². The first-order valence-corrected chi connectivity index (χ1v) is 8.21. The highest BCUT2D eigenvalue weighted by Crippen LogP contribution is 2.34. The number of carbonyl (C=O) groups excluding carboxylic acids is 1. The summed E-state index contributed by atoms with van der Waals surface area (Å²) >= 11 is 0. The minimum atomic E-state index is -0.867. The average Bonchev–Trinajstić information content (AvgIpc) is 3.13. The molecule has 0 aliphatic carbocycles. The molecule has 2 aromatic carbocycles. The van der Waals surface area contributed by atoms with Crippen LogP contribution in [0.3, 0.4) is 0 Å². The van der Waals surface area contributed by atoms with Crippen molar-refractivity contribution >= 4 is 11.7 Å². The van der Waals surface area contributed by atoms with Gasteiger partial charge in [-0.05, 0) is 29.8 Å². The molecular formula is C18H18N2O6. The highest BCUT2D eigenvalue weighted by molar-refractivity contribution is 5.89. The highest BCUT2D eigenvalue weighted by Gasteiger charge is 2.17. The lowest BCUT2D eigenvalue weighted by Crippen LogP contribution is -2.32. The van der Waals surface area contributed by atoms with E-state index in [9.17, 15) is 9.90 Å². The molecule has 0 fully saturated rings. The van der Waals surface area contributed by atoms with Crippen LogP contribution in [0, 0.1) is 0 Å². The summed E-state index contributed by atoms with van der Waals surface area (Å²) in [6.07, 6.45) is -0.867. The maximum absolute atomic E-state index is 12.0. The molecule has 0 unspecified atom stereocenters. The number of hydrogen-bond acceptors (Lipinski definition) is 6. The van der Waals surface area contributed by atoms with Gasteiger partial charge in [-0.2, -0.15) is 0 Å². The number of carbonyl (C=O) groups is 1. The summed E-state index contributed by atoms with van der Waals surface area (Å²) in [4.78, 5) is 12.0. The lowest BCUT2D eigenvalue weighted by molar-refractivity contribution is 0.163.